The quantitative estimate of drug-likeness (QED) is 0.178. The summed E-state index contributed by atoms with van der Waals surface area (Å²) in [5.41, 5.74) is 0.287. The SMILES string of the molecule is CCCCCCCCOC([CH]n1ccnc1)(O[N+](=O)[O-])c1ccc(Cl)cc1Cl. The molecule has 153 valence electrons. The average Bonchev–Trinajstić information content (AvgIpc) is 3.13. The third-order valence-corrected chi connectivity index (χ3v) is 4.72. The molecule has 0 saturated carbocycles. The van der Waals surface area contributed by atoms with E-state index in [-0.39, 0.29) is 17.2 Å². The van der Waals surface area contributed by atoms with Crippen molar-refractivity contribution in [1.29, 1.82) is 0 Å². The summed E-state index contributed by atoms with van der Waals surface area (Å²) in [4.78, 5) is 20.3. The normalized spacial score (nSPS) is 13.2. The predicted octanol–water partition coefficient (Wildman–Crippen LogP) is 5.64. The molecule has 1 atom stereocenters. The van der Waals surface area contributed by atoms with Crippen molar-refractivity contribution in [3.05, 3.63) is 69.2 Å². The maximum atomic E-state index is 11.3. The molecule has 7 nitrogen and oxygen atoms in total. The Morgan fingerprint density at radius 1 is 1.25 bits per heavy atom. The lowest BCUT2D eigenvalue weighted by Crippen LogP contribution is -2.38. The molecule has 0 amide bonds. The van der Waals surface area contributed by atoms with E-state index in [4.69, 9.17) is 32.8 Å². The van der Waals surface area contributed by atoms with Crippen LogP contribution in [0.25, 0.3) is 0 Å². The Morgan fingerprint density at radius 2 is 2.00 bits per heavy atom. The first-order valence-electron chi connectivity index (χ1n) is 9.23. The number of hydrogen-bond acceptors (Lipinski definition) is 5. The van der Waals surface area contributed by atoms with Gasteiger partial charge in [-0.15, -0.1) is 10.1 Å². The fourth-order valence-corrected chi connectivity index (χ4v) is 3.35. The van der Waals surface area contributed by atoms with Crippen molar-refractivity contribution < 1.29 is 14.7 Å². The van der Waals surface area contributed by atoms with Crippen molar-refractivity contribution in [1.82, 2.24) is 9.55 Å². The monoisotopic (exact) mass is 428 g/mol. The lowest BCUT2D eigenvalue weighted by Gasteiger charge is -2.32. The number of halogens is 2. The summed E-state index contributed by atoms with van der Waals surface area (Å²) >= 11 is 12.3. The van der Waals surface area contributed by atoms with Gasteiger partial charge in [0, 0.05) is 23.0 Å². The minimum absolute atomic E-state index is 0.202. The number of ether oxygens (including phenoxy) is 1. The Balaban J connectivity index is 2.22. The second-order valence-corrected chi connectivity index (χ2v) is 7.21. The largest absolute Gasteiger partial charge is 0.345 e. The van der Waals surface area contributed by atoms with Crippen molar-refractivity contribution in [2.75, 3.05) is 6.61 Å². The van der Waals surface area contributed by atoms with Crippen molar-refractivity contribution >= 4 is 23.2 Å². The van der Waals surface area contributed by atoms with Crippen LogP contribution in [0.2, 0.25) is 10.0 Å². The Hall–Kier alpha value is -1.83. The zero-order valence-corrected chi connectivity index (χ0v) is 17.2. The molecule has 0 N–H and O–H groups in total. The summed E-state index contributed by atoms with van der Waals surface area (Å²) in [6.45, 7) is 3.85. The zero-order valence-electron chi connectivity index (χ0n) is 15.7. The highest BCUT2D eigenvalue weighted by atomic mass is 35.5. The van der Waals surface area contributed by atoms with Gasteiger partial charge in [0.25, 0.3) is 10.9 Å². The molecule has 0 fully saturated rings. The van der Waals surface area contributed by atoms with Crippen LogP contribution in [0.4, 0.5) is 0 Å². The van der Waals surface area contributed by atoms with E-state index in [0.717, 1.165) is 25.7 Å². The lowest BCUT2D eigenvalue weighted by atomic mass is 10.0. The van der Waals surface area contributed by atoms with Gasteiger partial charge < -0.3 is 9.30 Å². The molecule has 0 aliphatic rings. The first kappa shape index (κ1) is 22.5. The summed E-state index contributed by atoms with van der Waals surface area (Å²) in [6.07, 6.45) is 11.0. The van der Waals surface area contributed by atoms with Crippen molar-refractivity contribution in [2.24, 2.45) is 0 Å². The highest BCUT2D eigenvalue weighted by Gasteiger charge is 2.41. The van der Waals surface area contributed by atoms with E-state index in [1.165, 1.54) is 36.3 Å². The highest BCUT2D eigenvalue weighted by molar-refractivity contribution is 6.35. The molecule has 2 rings (SSSR count). The molecule has 1 aromatic carbocycles. The maximum absolute atomic E-state index is 11.3. The molecule has 0 bridgehead atoms. The number of rotatable bonds is 13. The van der Waals surface area contributed by atoms with Gasteiger partial charge in [-0.05, 0) is 18.6 Å². The summed E-state index contributed by atoms with van der Waals surface area (Å²) in [5.74, 6) is -1.82. The highest BCUT2D eigenvalue weighted by Crippen LogP contribution is 2.37. The third kappa shape index (κ3) is 6.65. The van der Waals surface area contributed by atoms with Gasteiger partial charge in [0.05, 0.1) is 18.0 Å². The predicted molar refractivity (Wildman–Crippen MR) is 107 cm³/mol. The second-order valence-electron chi connectivity index (χ2n) is 6.36. The van der Waals surface area contributed by atoms with Crippen molar-refractivity contribution in [3.8, 4) is 0 Å². The molecule has 0 aliphatic heterocycles. The van der Waals surface area contributed by atoms with E-state index in [0.29, 0.717) is 5.02 Å². The lowest BCUT2D eigenvalue weighted by molar-refractivity contribution is -0.798. The average molecular weight is 429 g/mol. The number of hydrogen-bond donors (Lipinski definition) is 0. The fourth-order valence-electron chi connectivity index (χ4n) is 2.81. The van der Waals surface area contributed by atoms with Crippen LogP contribution >= 0.6 is 23.2 Å². The van der Waals surface area contributed by atoms with E-state index in [2.05, 4.69) is 11.9 Å². The van der Waals surface area contributed by atoms with Gasteiger partial charge in [-0.3, -0.25) is 4.84 Å². The summed E-state index contributed by atoms with van der Waals surface area (Å²) in [7, 11) is 0. The summed E-state index contributed by atoms with van der Waals surface area (Å²) in [5, 5.41) is 11.0. The van der Waals surface area contributed by atoms with Crippen molar-refractivity contribution in [2.45, 2.75) is 51.2 Å². The molecule has 9 heteroatoms. The topological polar surface area (TPSA) is 79.4 Å². The number of nitrogens with zero attached hydrogens (tertiary/aromatic N) is 3. The van der Waals surface area contributed by atoms with Gasteiger partial charge in [0.15, 0.2) is 0 Å². The minimum atomic E-state index is -1.82. The van der Waals surface area contributed by atoms with E-state index < -0.39 is 10.9 Å². The van der Waals surface area contributed by atoms with Crippen LogP contribution in [0.5, 0.6) is 0 Å². The molecular formula is C19H24Cl2N3O4. The fraction of sp³-hybridized carbons (Fsp3) is 0.474. The molecule has 0 saturated heterocycles. The summed E-state index contributed by atoms with van der Waals surface area (Å²) in [6, 6.07) is 4.63. The number of aromatic nitrogens is 2. The number of benzene rings is 1. The van der Waals surface area contributed by atoms with Crippen LogP contribution < -0.4 is 0 Å². The molecule has 1 radical (unpaired) electrons. The molecule has 0 aliphatic carbocycles. The Morgan fingerprint density at radius 3 is 2.64 bits per heavy atom. The molecule has 1 unspecified atom stereocenters. The molecule has 2 aromatic rings. The first-order chi connectivity index (χ1) is 13.5. The van der Waals surface area contributed by atoms with Gasteiger partial charge in [-0.25, -0.2) is 4.98 Å². The number of imidazole rings is 1. The standard InChI is InChI=1S/C19H24Cl2N3O4/c1-2-3-4-5-6-7-12-27-19(28-24(25)26,14-23-11-10-22-15-23)17-9-8-16(20)13-18(17)21/h8-11,13-15H,2-7,12H2,1H3. The molecule has 1 aromatic heterocycles. The van der Waals surface area contributed by atoms with Crippen LogP contribution in [-0.2, 0) is 15.4 Å². The van der Waals surface area contributed by atoms with Crippen LogP contribution in [0.3, 0.4) is 0 Å². The van der Waals surface area contributed by atoms with Crippen LogP contribution in [0.1, 0.15) is 51.0 Å². The van der Waals surface area contributed by atoms with E-state index >= 15 is 0 Å². The van der Waals surface area contributed by atoms with Crippen LogP contribution in [0, 0.1) is 16.7 Å². The van der Waals surface area contributed by atoms with E-state index in [1.54, 1.807) is 24.5 Å². The maximum Gasteiger partial charge on any atom is 0.297 e. The van der Waals surface area contributed by atoms with Crippen LogP contribution in [0.15, 0.2) is 36.9 Å². The Bertz CT molecular complexity index is 743. The van der Waals surface area contributed by atoms with Gasteiger partial charge >= 0.3 is 0 Å². The third-order valence-electron chi connectivity index (χ3n) is 4.17. The van der Waals surface area contributed by atoms with Crippen molar-refractivity contribution in [3.63, 3.8) is 0 Å². The molecular weight excluding hydrogens is 405 g/mol. The first-order valence-corrected chi connectivity index (χ1v) is 9.99. The minimum Gasteiger partial charge on any atom is -0.345 e. The van der Waals surface area contributed by atoms with Gasteiger partial charge in [0.1, 0.15) is 6.54 Å². The molecule has 0 spiro atoms. The Kier molecular flexibility index (Phi) is 9.02. The Labute approximate surface area is 174 Å². The number of unbranched alkanes of at least 4 members (excludes halogenated alkanes) is 5. The van der Waals surface area contributed by atoms with Gasteiger partial charge in [0.2, 0.25) is 0 Å². The van der Waals surface area contributed by atoms with E-state index in [1.807, 2.05) is 0 Å². The van der Waals surface area contributed by atoms with E-state index in [9.17, 15) is 10.1 Å². The second kappa shape index (κ2) is 11.2. The van der Waals surface area contributed by atoms with Gasteiger partial charge in [-0.2, -0.15) is 0 Å². The van der Waals surface area contributed by atoms with Crippen LogP contribution in [-0.4, -0.2) is 21.2 Å². The smallest absolute Gasteiger partial charge is 0.297 e. The molecule has 28 heavy (non-hydrogen) atoms. The summed E-state index contributed by atoms with van der Waals surface area (Å²) < 4.78 is 7.46. The van der Waals surface area contributed by atoms with Gasteiger partial charge in [-0.1, -0.05) is 68.3 Å². The molecule has 1 heterocycles. The zero-order chi connectivity index (χ0) is 20.4.